The second-order valence-electron chi connectivity index (χ2n) is 6.13. The molecule has 0 saturated carbocycles. The van der Waals surface area contributed by atoms with Gasteiger partial charge in [0.2, 0.25) is 0 Å². The van der Waals surface area contributed by atoms with Crippen molar-refractivity contribution in [3.05, 3.63) is 84.2 Å². The average Bonchev–Trinajstić information content (AvgIpc) is 3.01. The van der Waals surface area contributed by atoms with Crippen LogP contribution in [-0.2, 0) is 11.3 Å². The maximum Gasteiger partial charge on any atom is 0.123 e. The Morgan fingerprint density at radius 2 is 2.04 bits per heavy atom. The van der Waals surface area contributed by atoms with E-state index in [9.17, 15) is 4.39 Å². The lowest BCUT2D eigenvalue weighted by Gasteiger charge is -2.27. The fraction of sp³-hybridized carbons (Fsp3) is 0.300. The van der Waals surface area contributed by atoms with Gasteiger partial charge in [0.05, 0.1) is 18.8 Å². The number of halogens is 1. The summed E-state index contributed by atoms with van der Waals surface area (Å²) in [5.41, 5.74) is 1.90. The van der Waals surface area contributed by atoms with Crippen molar-refractivity contribution in [1.29, 1.82) is 0 Å². The van der Waals surface area contributed by atoms with Crippen molar-refractivity contribution in [1.82, 2.24) is 5.32 Å². The predicted molar refractivity (Wildman–Crippen MR) is 90.5 cm³/mol. The Morgan fingerprint density at radius 3 is 2.78 bits per heavy atom. The Balaban J connectivity index is 1.60. The van der Waals surface area contributed by atoms with Crippen LogP contribution >= 0.6 is 0 Å². The third kappa shape index (κ3) is 3.87. The molecule has 1 heterocycles. The number of nitrogens with one attached hydrogen (secondary N) is 1. The van der Waals surface area contributed by atoms with E-state index >= 15 is 0 Å². The van der Waals surface area contributed by atoms with Crippen LogP contribution in [-0.4, -0.2) is 12.1 Å². The number of benzene rings is 2. The summed E-state index contributed by atoms with van der Waals surface area (Å²) in [6, 6.07) is 17.1. The Bertz CT molecular complexity index is 658. The van der Waals surface area contributed by atoms with Crippen LogP contribution in [0.4, 0.5) is 4.39 Å². The summed E-state index contributed by atoms with van der Waals surface area (Å²) in [5, 5.41) is 3.57. The van der Waals surface area contributed by atoms with Gasteiger partial charge in [0.25, 0.3) is 0 Å². The van der Waals surface area contributed by atoms with Crippen LogP contribution in [0.5, 0.6) is 0 Å². The first-order valence-electron chi connectivity index (χ1n) is 7.99. The van der Waals surface area contributed by atoms with Gasteiger partial charge in [-0.3, -0.25) is 5.32 Å². The highest BCUT2D eigenvalue weighted by Gasteiger charge is 2.36. The van der Waals surface area contributed by atoms with Gasteiger partial charge in [0.15, 0.2) is 0 Å². The third-order valence-electron chi connectivity index (χ3n) is 4.45. The summed E-state index contributed by atoms with van der Waals surface area (Å²) < 4.78 is 19.3. The molecule has 1 N–H and O–H groups in total. The topological polar surface area (TPSA) is 21.3 Å². The second kappa shape index (κ2) is 7.07. The zero-order valence-electron chi connectivity index (χ0n) is 13.2. The second-order valence-corrected chi connectivity index (χ2v) is 6.13. The highest BCUT2D eigenvalue weighted by atomic mass is 19.1. The number of ether oxygens (including phenoxy) is 1. The largest absolute Gasteiger partial charge is 0.375 e. The van der Waals surface area contributed by atoms with Gasteiger partial charge in [-0.15, -0.1) is 6.58 Å². The number of rotatable bonds is 6. The van der Waals surface area contributed by atoms with Crippen LogP contribution in [0, 0.1) is 5.82 Å². The van der Waals surface area contributed by atoms with E-state index in [1.807, 2.05) is 30.3 Å². The molecule has 0 aliphatic carbocycles. The van der Waals surface area contributed by atoms with E-state index in [4.69, 9.17) is 4.74 Å². The van der Waals surface area contributed by atoms with Gasteiger partial charge >= 0.3 is 0 Å². The normalized spacial score (nSPS) is 23.8. The molecule has 0 radical (unpaired) electrons. The Kier molecular flexibility index (Phi) is 4.89. The summed E-state index contributed by atoms with van der Waals surface area (Å²) in [6.45, 7) is 5.12. The first-order chi connectivity index (χ1) is 11.2. The zero-order chi connectivity index (χ0) is 16.1. The molecular formula is C20H22FNO. The first-order valence-corrected chi connectivity index (χ1v) is 7.99. The van der Waals surface area contributed by atoms with Crippen molar-refractivity contribution < 1.29 is 9.13 Å². The highest BCUT2D eigenvalue weighted by molar-refractivity contribution is 5.24. The van der Waals surface area contributed by atoms with Crippen LogP contribution in [0.1, 0.15) is 30.0 Å². The van der Waals surface area contributed by atoms with E-state index in [0.717, 1.165) is 24.0 Å². The molecule has 3 heteroatoms. The van der Waals surface area contributed by atoms with Crippen molar-refractivity contribution in [3.63, 3.8) is 0 Å². The van der Waals surface area contributed by atoms with E-state index in [2.05, 4.69) is 24.0 Å². The van der Waals surface area contributed by atoms with E-state index in [0.29, 0.717) is 13.2 Å². The monoisotopic (exact) mass is 311 g/mol. The van der Waals surface area contributed by atoms with Crippen molar-refractivity contribution >= 4 is 0 Å². The van der Waals surface area contributed by atoms with Crippen LogP contribution < -0.4 is 5.32 Å². The first kappa shape index (κ1) is 15.9. The molecule has 0 amide bonds. The summed E-state index contributed by atoms with van der Waals surface area (Å²) in [6.07, 6.45) is 3.81. The molecule has 3 rings (SSSR count). The molecule has 2 aromatic rings. The molecule has 2 nitrogen and oxygen atoms in total. The molecule has 2 atom stereocenters. The van der Waals surface area contributed by atoms with Crippen molar-refractivity contribution in [2.45, 2.75) is 31.0 Å². The smallest absolute Gasteiger partial charge is 0.123 e. The molecule has 1 saturated heterocycles. The average molecular weight is 311 g/mol. The molecule has 1 aliphatic heterocycles. The van der Waals surface area contributed by atoms with Crippen LogP contribution in [0.25, 0.3) is 0 Å². The SMILES string of the molecule is C=C[C@@]1(COCc2ccccc2)CCC(c2cccc(F)c2)N1. The molecule has 0 spiro atoms. The molecule has 0 bridgehead atoms. The lowest BCUT2D eigenvalue weighted by atomic mass is 9.98. The summed E-state index contributed by atoms with van der Waals surface area (Å²) in [7, 11) is 0. The number of hydrogen-bond donors (Lipinski definition) is 1. The fourth-order valence-corrected chi connectivity index (χ4v) is 3.13. The molecule has 23 heavy (non-hydrogen) atoms. The van der Waals surface area contributed by atoms with Crippen LogP contribution in [0.2, 0.25) is 0 Å². The lowest BCUT2D eigenvalue weighted by Crippen LogP contribution is -2.43. The molecule has 2 aromatic carbocycles. The third-order valence-corrected chi connectivity index (χ3v) is 4.45. The van der Waals surface area contributed by atoms with Gasteiger partial charge in [-0.2, -0.15) is 0 Å². The minimum Gasteiger partial charge on any atom is -0.375 e. The van der Waals surface area contributed by atoms with Gasteiger partial charge < -0.3 is 4.74 Å². The zero-order valence-corrected chi connectivity index (χ0v) is 13.2. The summed E-state index contributed by atoms with van der Waals surface area (Å²) in [5.74, 6) is -0.194. The molecule has 1 aliphatic rings. The Labute approximate surface area is 137 Å². The van der Waals surface area contributed by atoms with Gasteiger partial charge in [0.1, 0.15) is 5.82 Å². The summed E-state index contributed by atoms with van der Waals surface area (Å²) in [4.78, 5) is 0. The van der Waals surface area contributed by atoms with Gasteiger partial charge in [-0.1, -0.05) is 48.5 Å². The van der Waals surface area contributed by atoms with Gasteiger partial charge in [0, 0.05) is 6.04 Å². The maximum absolute atomic E-state index is 13.4. The Morgan fingerprint density at radius 1 is 1.22 bits per heavy atom. The van der Waals surface area contributed by atoms with Crippen molar-refractivity contribution in [2.75, 3.05) is 6.61 Å². The van der Waals surface area contributed by atoms with Gasteiger partial charge in [-0.05, 0) is 36.1 Å². The highest BCUT2D eigenvalue weighted by Crippen LogP contribution is 2.34. The maximum atomic E-state index is 13.4. The molecular weight excluding hydrogens is 289 g/mol. The number of hydrogen-bond acceptors (Lipinski definition) is 2. The van der Waals surface area contributed by atoms with Crippen LogP contribution in [0.15, 0.2) is 67.3 Å². The van der Waals surface area contributed by atoms with E-state index < -0.39 is 0 Å². The fourth-order valence-electron chi connectivity index (χ4n) is 3.13. The van der Waals surface area contributed by atoms with E-state index in [1.54, 1.807) is 12.1 Å². The van der Waals surface area contributed by atoms with Crippen molar-refractivity contribution in [2.24, 2.45) is 0 Å². The minimum atomic E-state index is -0.244. The molecule has 0 aromatic heterocycles. The molecule has 1 unspecified atom stereocenters. The molecule has 120 valence electrons. The van der Waals surface area contributed by atoms with Crippen LogP contribution in [0.3, 0.4) is 0 Å². The standard InChI is InChI=1S/C20H22FNO/c1-2-20(15-23-14-16-7-4-3-5-8-16)12-11-19(22-20)17-9-6-10-18(21)13-17/h2-10,13,19,22H,1,11-12,14-15H2/t19?,20-/m0/s1. The predicted octanol–water partition coefficient (Wildman–Crippen LogP) is 4.39. The lowest BCUT2D eigenvalue weighted by molar-refractivity contribution is 0.0801. The van der Waals surface area contributed by atoms with Gasteiger partial charge in [-0.25, -0.2) is 4.39 Å². The summed E-state index contributed by atoms with van der Waals surface area (Å²) >= 11 is 0. The quantitative estimate of drug-likeness (QED) is 0.799. The van der Waals surface area contributed by atoms with E-state index in [1.165, 1.54) is 6.07 Å². The Hall–Kier alpha value is -1.97. The molecule has 1 fully saturated rings. The van der Waals surface area contributed by atoms with E-state index in [-0.39, 0.29) is 17.4 Å². The van der Waals surface area contributed by atoms with Crippen molar-refractivity contribution in [3.8, 4) is 0 Å². The minimum absolute atomic E-state index is 0.143.